The Hall–Kier alpha value is -3.61. The molecule has 2 aromatic heterocycles. The molecular weight excluding hydrogens is 401 g/mol. The zero-order chi connectivity index (χ0) is 21.6. The molecule has 0 bridgehead atoms. The molecule has 0 spiro atoms. The number of aromatic amines is 1. The van der Waals surface area contributed by atoms with Gasteiger partial charge in [-0.15, -0.1) is 0 Å². The fourth-order valence-corrected chi connectivity index (χ4v) is 4.00. The summed E-state index contributed by atoms with van der Waals surface area (Å²) in [4.78, 5) is 4.25. The normalized spacial score (nSPS) is 15.1. The van der Waals surface area contributed by atoms with Crippen LogP contribution in [0.5, 0.6) is 0 Å². The van der Waals surface area contributed by atoms with Crippen molar-refractivity contribution in [2.24, 2.45) is 0 Å². The topological polar surface area (TPSA) is 53.6 Å². The summed E-state index contributed by atoms with van der Waals surface area (Å²) in [5, 5.41) is 11.3. The Labute approximate surface area is 176 Å². The number of alkyl halides is 3. The van der Waals surface area contributed by atoms with Gasteiger partial charge in [0.1, 0.15) is 0 Å². The molecule has 7 heteroatoms. The van der Waals surface area contributed by atoms with Crippen LogP contribution in [0, 0.1) is 0 Å². The molecule has 0 radical (unpaired) electrons. The van der Waals surface area contributed by atoms with Gasteiger partial charge in [0.2, 0.25) is 0 Å². The van der Waals surface area contributed by atoms with Crippen LogP contribution < -0.4 is 5.32 Å². The van der Waals surface area contributed by atoms with E-state index in [1.165, 1.54) is 12.1 Å². The average molecular weight is 420 g/mol. The first-order valence-corrected chi connectivity index (χ1v) is 9.88. The van der Waals surface area contributed by atoms with E-state index in [2.05, 4.69) is 27.1 Å². The van der Waals surface area contributed by atoms with Crippen molar-refractivity contribution in [3.63, 3.8) is 0 Å². The number of halogens is 3. The number of pyridine rings is 1. The summed E-state index contributed by atoms with van der Waals surface area (Å²) in [5.74, 6) is 0. The lowest BCUT2D eigenvalue weighted by atomic mass is 9.91. The van der Waals surface area contributed by atoms with Crippen LogP contribution in [0.2, 0.25) is 0 Å². The van der Waals surface area contributed by atoms with Gasteiger partial charge in [-0.25, -0.2) is 0 Å². The van der Waals surface area contributed by atoms with E-state index in [1.54, 1.807) is 24.7 Å². The first-order chi connectivity index (χ1) is 14.9. The molecule has 2 aromatic carbocycles. The highest BCUT2D eigenvalue weighted by Gasteiger charge is 2.47. The summed E-state index contributed by atoms with van der Waals surface area (Å²) in [6, 6.07) is 13.4. The minimum absolute atomic E-state index is 0.466. The number of hydrogen-bond acceptors (Lipinski definition) is 3. The van der Waals surface area contributed by atoms with Gasteiger partial charge in [0.05, 0.1) is 23.5 Å². The molecule has 0 amide bonds. The van der Waals surface area contributed by atoms with E-state index in [1.807, 2.05) is 24.3 Å². The number of allylic oxidation sites excluding steroid dienone is 1. The molecule has 0 atom stereocenters. The Morgan fingerprint density at radius 1 is 1.03 bits per heavy atom. The van der Waals surface area contributed by atoms with Crippen molar-refractivity contribution in [3.8, 4) is 11.1 Å². The predicted molar refractivity (Wildman–Crippen MR) is 114 cm³/mol. The average Bonchev–Trinajstić information content (AvgIpc) is 3.44. The lowest BCUT2D eigenvalue weighted by Crippen LogP contribution is -2.17. The molecule has 156 valence electrons. The van der Waals surface area contributed by atoms with Crippen LogP contribution in [0.3, 0.4) is 0 Å². The van der Waals surface area contributed by atoms with Gasteiger partial charge in [0.15, 0.2) is 0 Å². The zero-order valence-electron chi connectivity index (χ0n) is 16.5. The van der Waals surface area contributed by atoms with Crippen LogP contribution >= 0.6 is 0 Å². The molecule has 1 aliphatic carbocycles. The number of rotatable bonds is 5. The second-order valence-electron chi connectivity index (χ2n) is 7.86. The minimum atomic E-state index is -4.36. The van der Waals surface area contributed by atoms with Gasteiger partial charge in [-0.1, -0.05) is 36.9 Å². The molecule has 4 aromatic rings. The Morgan fingerprint density at radius 2 is 1.81 bits per heavy atom. The third-order valence-corrected chi connectivity index (χ3v) is 5.93. The third-order valence-electron chi connectivity index (χ3n) is 5.93. The quantitative estimate of drug-likeness (QED) is 0.398. The molecule has 0 saturated heterocycles. The lowest BCUT2D eigenvalue weighted by Gasteiger charge is -2.22. The molecule has 1 aliphatic rings. The summed E-state index contributed by atoms with van der Waals surface area (Å²) >= 11 is 0. The number of hydrogen-bond donors (Lipinski definition) is 2. The number of nitrogens with one attached hydrogen (secondary N) is 2. The molecule has 5 rings (SSSR count). The summed E-state index contributed by atoms with van der Waals surface area (Å²) in [7, 11) is 0. The fraction of sp³-hybridized carbons (Fsp3) is 0.167. The SMILES string of the molecule is C=C(Nc1ccc(-c2cncc3[nH]ncc23)cc1)C1(c2cccc(C(F)(F)F)c2)CC1. The number of H-pyrrole nitrogens is 1. The van der Waals surface area contributed by atoms with E-state index < -0.39 is 17.2 Å². The summed E-state index contributed by atoms with van der Waals surface area (Å²) in [6.45, 7) is 4.15. The van der Waals surface area contributed by atoms with Crippen molar-refractivity contribution in [3.05, 3.63) is 90.5 Å². The molecular formula is C24H19F3N4. The lowest BCUT2D eigenvalue weighted by molar-refractivity contribution is -0.137. The van der Waals surface area contributed by atoms with Crippen molar-refractivity contribution in [2.45, 2.75) is 24.4 Å². The molecule has 2 heterocycles. The van der Waals surface area contributed by atoms with Crippen molar-refractivity contribution in [1.29, 1.82) is 0 Å². The van der Waals surface area contributed by atoms with Crippen molar-refractivity contribution in [1.82, 2.24) is 15.2 Å². The summed E-state index contributed by atoms with van der Waals surface area (Å²) < 4.78 is 39.4. The molecule has 0 aliphatic heterocycles. The van der Waals surface area contributed by atoms with Gasteiger partial charge in [-0.3, -0.25) is 10.1 Å². The minimum Gasteiger partial charge on any atom is -0.359 e. The Kier molecular flexibility index (Phi) is 4.36. The van der Waals surface area contributed by atoms with Gasteiger partial charge >= 0.3 is 6.18 Å². The maximum absolute atomic E-state index is 13.1. The second-order valence-corrected chi connectivity index (χ2v) is 7.86. The molecule has 1 saturated carbocycles. The first-order valence-electron chi connectivity index (χ1n) is 9.88. The highest BCUT2D eigenvalue weighted by atomic mass is 19.4. The first kappa shape index (κ1) is 19.4. The number of benzene rings is 2. The fourth-order valence-electron chi connectivity index (χ4n) is 4.00. The molecule has 4 nitrogen and oxygen atoms in total. The number of aromatic nitrogens is 3. The largest absolute Gasteiger partial charge is 0.416 e. The monoisotopic (exact) mass is 420 g/mol. The van der Waals surface area contributed by atoms with Gasteiger partial charge in [0, 0.05) is 33.9 Å². The van der Waals surface area contributed by atoms with Crippen LogP contribution in [-0.2, 0) is 11.6 Å². The van der Waals surface area contributed by atoms with Crippen LogP contribution in [0.25, 0.3) is 22.0 Å². The summed E-state index contributed by atoms with van der Waals surface area (Å²) in [6.07, 6.45) is 2.48. The van der Waals surface area contributed by atoms with E-state index in [-0.39, 0.29) is 0 Å². The highest BCUT2D eigenvalue weighted by molar-refractivity contribution is 5.93. The van der Waals surface area contributed by atoms with Gasteiger partial charge in [-0.2, -0.15) is 18.3 Å². The number of fused-ring (bicyclic) bond motifs is 1. The Morgan fingerprint density at radius 3 is 2.52 bits per heavy atom. The third kappa shape index (κ3) is 3.46. The summed E-state index contributed by atoms with van der Waals surface area (Å²) in [5.41, 5.74) is 3.92. The molecule has 31 heavy (non-hydrogen) atoms. The smallest absolute Gasteiger partial charge is 0.359 e. The predicted octanol–water partition coefficient (Wildman–Crippen LogP) is 6.30. The van der Waals surface area contributed by atoms with Crippen LogP contribution in [0.1, 0.15) is 24.0 Å². The van der Waals surface area contributed by atoms with Crippen LogP contribution in [0.15, 0.2) is 79.4 Å². The maximum atomic E-state index is 13.1. The zero-order valence-corrected chi connectivity index (χ0v) is 16.5. The molecule has 1 fully saturated rings. The van der Waals surface area contributed by atoms with E-state index >= 15 is 0 Å². The van der Waals surface area contributed by atoms with Crippen LogP contribution in [0.4, 0.5) is 18.9 Å². The van der Waals surface area contributed by atoms with Gasteiger partial charge in [-0.05, 0) is 42.2 Å². The highest BCUT2D eigenvalue weighted by Crippen LogP contribution is 2.53. The standard InChI is InChI=1S/C24H19F3N4/c1-15(23(9-10-23)17-3-2-4-18(11-17)24(25,26)27)30-19-7-5-16(6-8-19)20-12-28-14-22-21(20)13-29-31-22/h2-8,11-14,30H,1,9-10H2,(H,29,31). The van der Waals surface area contributed by atoms with Crippen molar-refractivity contribution < 1.29 is 13.2 Å². The second kappa shape index (κ2) is 6.97. The van der Waals surface area contributed by atoms with Gasteiger partial charge < -0.3 is 5.32 Å². The number of nitrogens with zero attached hydrogens (tertiary/aromatic N) is 2. The van der Waals surface area contributed by atoms with E-state index in [0.717, 1.165) is 46.6 Å². The van der Waals surface area contributed by atoms with Crippen molar-refractivity contribution >= 4 is 16.6 Å². The van der Waals surface area contributed by atoms with Crippen molar-refractivity contribution in [2.75, 3.05) is 5.32 Å². The molecule has 0 unspecified atom stereocenters. The Bertz CT molecular complexity index is 1270. The van der Waals surface area contributed by atoms with E-state index in [9.17, 15) is 13.2 Å². The van der Waals surface area contributed by atoms with E-state index in [0.29, 0.717) is 11.3 Å². The maximum Gasteiger partial charge on any atom is 0.416 e. The number of anilines is 1. The molecule has 2 N–H and O–H groups in total. The Balaban J connectivity index is 1.37. The van der Waals surface area contributed by atoms with Gasteiger partial charge in [0.25, 0.3) is 0 Å². The van der Waals surface area contributed by atoms with Crippen LogP contribution in [-0.4, -0.2) is 15.2 Å². The van der Waals surface area contributed by atoms with E-state index in [4.69, 9.17) is 0 Å².